The number of hydrogen-bond acceptors (Lipinski definition) is 4. The molecule has 2 rings (SSSR count). The number of nitrogens with zero attached hydrogens (tertiary/aromatic N) is 1. The van der Waals surface area contributed by atoms with Crippen LogP contribution >= 0.6 is 34.5 Å². The van der Waals surface area contributed by atoms with Crippen molar-refractivity contribution in [3.8, 4) is 0 Å². The van der Waals surface area contributed by atoms with Crippen LogP contribution in [0.15, 0.2) is 23.6 Å². The lowest BCUT2D eigenvalue weighted by atomic mass is 10.1. The molecule has 1 aromatic heterocycles. The van der Waals surface area contributed by atoms with Gasteiger partial charge in [0.05, 0.1) is 16.8 Å². The maximum atomic E-state index is 10.1. The van der Waals surface area contributed by atoms with Crippen LogP contribution in [0.3, 0.4) is 0 Å². The number of rotatable bonds is 6. The highest BCUT2D eigenvalue weighted by Gasteiger charge is 2.09. The van der Waals surface area contributed by atoms with Crippen LogP contribution < -0.4 is 5.32 Å². The van der Waals surface area contributed by atoms with Crippen molar-refractivity contribution in [1.29, 1.82) is 0 Å². The van der Waals surface area contributed by atoms with Crippen LogP contribution in [0.1, 0.15) is 29.3 Å². The minimum atomic E-state index is -0.643. The number of aromatic nitrogens is 1. The molecule has 0 aliphatic heterocycles. The standard InChI is InChI=1S/C14H16Cl2N2OS/c1-2-14-18-12(8-20-14)6-17-7-13(19)9-3-10(15)5-11(16)4-9/h3-5,8,13,17,19H,2,6-7H2,1H3. The zero-order valence-corrected chi connectivity index (χ0v) is 13.4. The minimum Gasteiger partial charge on any atom is -0.387 e. The Morgan fingerprint density at radius 3 is 2.60 bits per heavy atom. The second kappa shape index (κ2) is 7.38. The fraction of sp³-hybridized carbons (Fsp3) is 0.357. The van der Waals surface area contributed by atoms with Crippen LogP contribution in [-0.4, -0.2) is 16.6 Å². The normalized spacial score (nSPS) is 12.6. The third-order valence-electron chi connectivity index (χ3n) is 2.82. The molecule has 0 spiro atoms. The van der Waals surface area contributed by atoms with Gasteiger partial charge in [0.2, 0.25) is 0 Å². The van der Waals surface area contributed by atoms with Crippen molar-refractivity contribution in [2.45, 2.75) is 26.0 Å². The van der Waals surface area contributed by atoms with Gasteiger partial charge in [0.25, 0.3) is 0 Å². The Hall–Kier alpha value is -0.650. The zero-order valence-electron chi connectivity index (χ0n) is 11.1. The first-order chi connectivity index (χ1) is 9.58. The molecule has 0 bridgehead atoms. The summed E-state index contributed by atoms with van der Waals surface area (Å²) in [6.45, 7) is 3.15. The third kappa shape index (κ3) is 4.43. The summed E-state index contributed by atoms with van der Waals surface area (Å²) in [5, 5.41) is 17.5. The van der Waals surface area contributed by atoms with Gasteiger partial charge in [-0.2, -0.15) is 0 Å². The molecule has 6 heteroatoms. The molecule has 1 heterocycles. The number of nitrogens with one attached hydrogen (secondary N) is 1. The second-order valence-corrected chi connectivity index (χ2v) is 6.25. The quantitative estimate of drug-likeness (QED) is 0.845. The monoisotopic (exact) mass is 330 g/mol. The number of thiazole rings is 1. The maximum absolute atomic E-state index is 10.1. The topological polar surface area (TPSA) is 45.2 Å². The van der Waals surface area contributed by atoms with Gasteiger partial charge in [-0.1, -0.05) is 30.1 Å². The largest absolute Gasteiger partial charge is 0.387 e. The fourth-order valence-electron chi connectivity index (χ4n) is 1.81. The minimum absolute atomic E-state index is 0.426. The summed E-state index contributed by atoms with van der Waals surface area (Å²) in [7, 11) is 0. The summed E-state index contributed by atoms with van der Waals surface area (Å²) in [6.07, 6.45) is 0.310. The van der Waals surface area contributed by atoms with E-state index in [1.165, 1.54) is 0 Å². The lowest BCUT2D eigenvalue weighted by molar-refractivity contribution is 0.174. The molecule has 0 saturated carbocycles. The molecule has 0 aliphatic carbocycles. The summed E-state index contributed by atoms with van der Waals surface area (Å²) >= 11 is 13.5. The van der Waals surface area contributed by atoms with Crippen LogP contribution in [0.2, 0.25) is 10.0 Å². The Bertz CT molecular complexity index is 554. The lowest BCUT2D eigenvalue weighted by Gasteiger charge is -2.12. The number of aliphatic hydroxyl groups excluding tert-OH is 1. The highest BCUT2D eigenvalue weighted by molar-refractivity contribution is 7.09. The van der Waals surface area contributed by atoms with Gasteiger partial charge in [0.15, 0.2) is 0 Å². The molecule has 3 nitrogen and oxygen atoms in total. The maximum Gasteiger partial charge on any atom is 0.0926 e. The molecule has 2 aromatic rings. The predicted octanol–water partition coefficient (Wildman–Crippen LogP) is 3.84. The SMILES string of the molecule is CCc1nc(CNCC(O)c2cc(Cl)cc(Cl)c2)cs1. The van der Waals surface area contributed by atoms with Crippen LogP contribution in [0, 0.1) is 0 Å². The predicted molar refractivity (Wildman–Crippen MR) is 84.6 cm³/mol. The van der Waals surface area contributed by atoms with Gasteiger partial charge in [0.1, 0.15) is 0 Å². The molecule has 2 N–H and O–H groups in total. The average Bonchev–Trinajstić information content (AvgIpc) is 2.85. The first kappa shape index (κ1) is 15.7. The Balaban J connectivity index is 1.86. The fourth-order valence-corrected chi connectivity index (χ4v) is 3.10. The van der Waals surface area contributed by atoms with E-state index < -0.39 is 6.10 Å². The molecule has 1 unspecified atom stereocenters. The molecule has 0 amide bonds. The van der Waals surface area contributed by atoms with Crippen molar-refractivity contribution in [2.75, 3.05) is 6.54 Å². The molecular formula is C14H16Cl2N2OS. The number of hydrogen-bond donors (Lipinski definition) is 2. The van der Waals surface area contributed by atoms with Gasteiger partial charge in [-0.25, -0.2) is 4.98 Å². The van der Waals surface area contributed by atoms with Crippen LogP contribution in [0.4, 0.5) is 0 Å². The Labute approximate surface area is 132 Å². The molecule has 1 aromatic carbocycles. The van der Waals surface area contributed by atoms with E-state index in [0.717, 1.165) is 17.1 Å². The van der Waals surface area contributed by atoms with E-state index in [1.54, 1.807) is 29.5 Å². The second-order valence-electron chi connectivity index (χ2n) is 4.44. The van der Waals surface area contributed by atoms with Crippen molar-refractivity contribution >= 4 is 34.5 Å². The molecule has 108 valence electrons. The Kier molecular flexibility index (Phi) is 5.81. The van der Waals surface area contributed by atoms with Gasteiger partial charge in [-0.15, -0.1) is 11.3 Å². The number of aryl methyl sites for hydroxylation is 1. The van der Waals surface area contributed by atoms with Crippen molar-refractivity contribution in [2.24, 2.45) is 0 Å². The van der Waals surface area contributed by atoms with E-state index in [2.05, 4.69) is 17.2 Å². The highest BCUT2D eigenvalue weighted by atomic mass is 35.5. The molecule has 1 atom stereocenters. The van der Waals surface area contributed by atoms with E-state index in [0.29, 0.717) is 28.7 Å². The van der Waals surface area contributed by atoms with Gasteiger partial charge in [0, 0.05) is 28.5 Å². The Morgan fingerprint density at radius 2 is 2.00 bits per heavy atom. The van der Waals surface area contributed by atoms with Crippen LogP contribution in [-0.2, 0) is 13.0 Å². The van der Waals surface area contributed by atoms with Gasteiger partial charge in [-0.3, -0.25) is 0 Å². The number of halogens is 2. The summed E-state index contributed by atoms with van der Waals surface area (Å²) in [5.41, 5.74) is 1.71. The van der Waals surface area contributed by atoms with Gasteiger partial charge in [-0.05, 0) is 30.2 Å². The van der Waals surface area contributed by atoms with Crippen LogP contribution in [0.5, 0.6) is 0 Å². The molecule has 0 radical (unpaired) electrons. The van der Waals surface area contributed by atoms with Crippen molar-refractivity contribution in [3.05, 3.63) is 49.9 Å². The first-order valence-electron chi connectivity index (χ1n) is 6.36. The molecular weight excluding hydrogens is 315 g/mol. The average molecular weight is 331 g/mol. The summed E-state index contributed by atoms with van der Waals surface area (Å²) in [6, 6.07) is 5.09. The van der Waals surface area contributed by atoms with Gasteiger partial charge < -0.3 is 10.4 Å². The summed E-state index contributed by atoms with van der Waals surface area (Å²) in [5.74, 6) is 0. The van der Waals surface area contributed by atoms with E-state index in [4.69, 9.17) is 23.2 Å². The molecule has 0 saturated heterocycles. The van der Waals surface area contributed by atoms with Crippen molar-refractivity contribution < 1.29 is 5.11 Å². The first-order valence-corrected chi connectivity index (χ1v) is 8.00. The summed E-state index contributed by atoms with van der Waals surface area (Å²) in [4.78, 5) is 4.46. The smallest absolute Gasteiger partial charge is 0.0926 e. The van der Waals surface area contributed by atoms with Crippen molar-refractivity contribution in [1.82, 2.24) is 10.3 Å². The van der Waals surface area contributed by atoms with E-state index in [1.807, 2.05) is 5.38 Å². The summed E-state index contributed by atoms with van der Waals surface area (Å²) < 4.78 is 0. The molecule has 0 aliphatic rings. The van der Waals surface area contributed by atoms with Crippen molar-refractivity contribution in [3.63, 3.8) is 0 Å². The number of benzene rings is 1. The highest BCUT2D eigenvalue weighted by Crippen LogP contribution is 2.23. The van der Waals surface area contributed by atoms with Gasteiger partial charge >= 0.3 is 0 Å². The third-order valence-corrected chi connectivity index (χ3v) is 4.29. The Morgan fingerprint density at radius 1 is 1.30 bits per heavy atom. The van der Waals surface area contributed by atoms with E-state index >= 15 is 0 Å². The van der Waals surface area contributed by atoms with E-state index in [-0.39, 0.29) is 0 Å². The van der Waals surface area contributed by atoms with E-state index in [9.17, 15) is 5.11 Å². The lowest BCUT2D eigenvalue weighted by Crippen LogP contribution is -2.21. The molecule has 0 fully saturated rings. The van der Waals surface area contributed by atoms with Crippen LogP contribution in [0.25, 0.3) is 0 Å². The molecule has 20 heavy (non-hydrogen) atoms. The number of aliphatic hydroxyl groups is 1. The zero-order chi connectivity index (χ0) is 14.5.